The topological polar surface area (TPSA) is 54.5 Å². The minimum atomic E-state index is 0.931. The number of hydrogen-bond acceptors (Lipinski definition) is 3. The molecule has 0 fully saturated rings. The second kappa shape index (κ2) is 1.39. The van der Waals surface area contributed by atoms with Gasteiger partial charge in [0.05, 0.1) is 12.4 Å². The Labute approximate surface area is 40.0 Å². The van der Waals surface area contributed by atoms with Gasteiger partial charge in [-0.25, -0.2) is 0 Å². The molecule has 1 rings (SSSR count). The number of aromatic nitrogens is 3. The van der Waals surface area contributed by atoms with Gasteiger partial charge in [-0.2, -0.15) is 5.26 Å². The van der Waals surface area contributed by atoms with E-state index in [1.165, 1.54) is 12.4 Å². The Bertz CT molecular complexity index is 169. The first-order valence-corrected chi connectivity index (χ1v) is 1.70. The van der Waals surface area contributed by atoms with Gasteiger partial charge in [0.1, 0.15) is 0 Å². The van der Waals surface area contributed by atoms with Crippen molar-refractivity contribution in [2.75, 3.05) is 0 Å². The third-order valence-electron chi connectivity index (χ3n) is 0.508. The molecule has 0 aromatic carbocycles. The molecular formula is C3H2N4. The van der Waals surface area contributed by atoms with Gasteiger partial charge in [-0.05, 0) is 0 Å². The minimum Gasteiger partial charge on any atom is -0.169 e. The fourth-order valence-corrected chi connectivity index (χ4v) is 0.267. The van der Waals surface area contributed by atoms with E-state index in [-0.39, 0.29) is 0 Å². The molecule has 34 valence electrons. The van der Waals surface area contributed by atoms with Crippen LogP contribution in [0, 0.1) is 11.5 Å². The molecule has 1 aromatic heterocycles. The summed E-state index contributed by atoms with van der Waals surface area (Å²) in [5.74, 6) is 0. The Hall–Kier alpha value is -1.37. The summed E-state index contributed by atoms with van der Waals surface area (Å²) in [6.45, 7) is 0. The zero-order valence-corrected chi connectivity index (χ0v) is 3.44. The van der Waals surface area contributed by atoms with E-state index in [1.54, 1.807) is 6.19 Å². The lowest BCUT2D eigenvalue weighted by Gasteiger charge is -1.70. The van der Waals surface area contributed by atoms with Crippen molar-refractivity contribution in [3.63, 3.8) is 0 Å². The normalized spacial score (nSPS) is 7.86. The summed E-state index contributed by atoms with van der Waals surface area (Å²) in [6, 6.07) is 0. The van der Waals surface area contributed by atoms with Crippen molar-refractivity contribution in [2.24, 2.45) is 0 Å². The molecule has 0 saturated heterocycles. The van der Waals surface area contributed by atoms with Crippen LogP contribution in [0.3, 0.4) is 0 Å². The highest BCUT2D eigenvalue weighted by atomic mass is 15.4. The molecule has 0 atom stereocenters. The van der Waals surface area contributed by atoms with Gasteiger partial charge >= 0.3 is 0 Å². The summed E-state index contributed by atoms with van der Waals surface area (Å²) in [4.78, 5) is 0.931. The van der Waals surface area contributed by atoms with Gasteiger partial charge in [0.15, 0.2) is 0 Å². The average Bonchev–Trinajstić information content (AvgIpc) is 2.14. The van der Waals surface area contributed by atoms with E-state index in [4.69, 9.17) is 5.26 Å². The summed E-state index contributed by atoms with van der Waals surface area (Å²) < 4.78 is 0. The number of rotatable bonds is 0. The predicted octanol–water partition coefficient (Wildman–Crippen LogP) is -0.393. The molecule has 0 aliphatic heterocycles. The van der Waals surface area contributed by atoms with Crippen molar-refractivity contribution in [1.29, 1.82) is 5.26 Å². The lowest BCUT2D eigenvalue weighted by atomic mass is 11.0. The van der Waals surface area contributed by atoms with Crippen LogP contribution in [0.5, 0.6) is 0 Å². The predicted molar refractivity (Wildman–Crippen MR) is 21.0 cm³/mol. The van der Waals surface area contributed by atoms with Gasteiger partial charge in [0.25, 0.3) is 0 Å². The summed E-state index contributed by atoms with van der Waals surface area (Å²) in [5.41, 5.74) is 0. The summed E-state index contributed by atoms with van der Waals surface area (Å²) >= 11 is 0. The van der Waals surface area contributed by atoms with Gasteiger partial charge < -0.3 is 0 Å². The van der Waals surface area contributed by atoms with E-state index in [2.05, 4.69) is 10.2 Å². The molecule has 7 heavy (non-hydrogen) atoms. The van der Waals surface area contributed by atoms with Crippen molar-refractivity contribution in [2.45, 2.75) is 0 Å². The summed E-state index contributed by atoms with van der Waals surface area (Å²) in [6.07, 6.45) is 4.60. The van der Waals surface area contributed by atoms with Crippen molar-refractivity contribution >= 4 is 0 Å². The van der Waals surface area contributed by atoms with Gasteiger partial charge in [-0.1, -0.05) is 4.80 Å². The van der Waals surface area contributed by atoms with Gasteiger partial charge in [-0.3, -0.25) is 0 Å². The molecule has 0 spiro atoms. The van der Waals surface area contributed by atoms with Crippen LogP contribution < -0.4 is 0 Å². The van der Waals surface area contributed by atoms with Crippen molar-refractivity contribution in [3.8, 4) is 6.19 Å². The molecule has 1 heterocycles. The molecular weight excluding hydrogens is 92.1 g/mol. The third kappa shape index (κ3) is 0.550. The maximum atomic E-state index is 8.01. The zero-order chi connectivity index (χ0) is 5.11. The van der Waals surface area contributed by atoms with Crippen molar-refractivity contribution < 1.29 is 0 Å². The van der Waals surface area contributed by atoms with E-state index in [0.29, 0.717) is 0 Å². The molecule has 0 N–H and O–H groups in total. The maximum absolute atomic E-state index is 8.01. The minimum absolute atomic E-state index is 0.931. The second-order valence-electron chi connectivity index (χ2n) is 0.919. The van der Waals surface area contributed by atoms with E-state index in [0.717, 1.165) is 4.80 Å². The molecule has 1 aromatic rings. The van der Waals surface area contributed by atoms with E-state index < -0.39 is 0 Å². The van der Waals surface area contributed by atoms with Crippen LogP contribution in [0.2, 0.25) is 0 Å². The molecule has 4 nitrogen and oxygen atoms in total. The molecule has 4 heteroatoms. The standard InChI is InChI=1S/C3H2N4/c4-3-7-5-1-2-6-7/h1-2H. The molecule has 0 aliphatic carbocycles. The van der Waals surface area contributed by atoms with Crippen LogP contribution in [0.4, 0.5) is 0 Å². The van der Waals surface area contributed by atoms with Gasteiger partial charge in [0, 0.05) is 0 Å². The first kappa shape index (κ1) is 3.81. The molecule has 0 saturated carbocycles. The van der Waals surface area contributed by atoms with Crippen LogP contribution in [-0.4, -0.2) is 15.0 Å². The van der Waals surface area contributed by atoms with Crippen molar-refractivity contribution in [3.05, 3.63) is 12.4 Å². The van der Waals surface area contributed by atoms with Gasteiger partial charge in [0.2, 0.25) is 6.19 Å². The first-order valence-electron chi connectivity index (χ1n) is 1.70. The van der Waals surface area contributed by atoms with Crippen molar-refractivity contribution in [1.82, 2.24) is 15.0 Å². The van der Waals surface area contributed by atoms with Crippen LogP contribution in [0.15, 0.2) is 12.4 Å². The molecule has 0 bridgehead atoms. The fourth-order valence-electron chi connectivity index (χ4n) is 0.267. The number of nitrogens with zero attached hydrogens (tertiary/aromatic N) is 4. The Balaban J connectivity index is 3.04. The Kier molecular flexibility index (Phi) is 0.755. The summed E-state index contributed by atoms with van der Waals surface area (Å²) in [5, 5.41) is 15.0. The highest BCUT2D eigenvalue weighted by Crippen LogP contribution is 1.67. The highest BCUT2D eigenvalue weighted by molar-refractivity contribution is 4.70. The number of hydrogen-bond donors (Lipinski definition) is 0. The van der Waals surface area contributed by atoms with Gasteiger partial charge in [-0.15, -0.1) is 10.2 Å². The fraction of sp³-hybridized carbons (Fsp3) is 0. The lowest BCUT2D eigenvalue weighted by molar-refractivity contribution is 0.767. The van der Waals surface area contributed by atoms with Crippen LogP contribution >= 0.6 is 0 Å². The highest BCUT2D eigenvalue weighted by Gasteiger charge is 1.78. The Morgan fingerprint density at radius 2 is 2.00 bits per heavy atom. The molecule has 0 radical (unpaired) electrons. The maximum Gasteiger partial charge on any atom is 0.225 e. The largest absolute Gasteiger partial charge is 0.225 e. The smallest absolute Gasteiger partial charge is 0.169 e. The molecule has 0 aliphatic rings. The van der Waals surface area contributed by atoms with E-state index in [1.807, 2.05) is 0 Å². The van der Waals surface area contributed by atoms with Crippen LogP contribution in [0.1, 0.15) is 0 Å². The average molecular weight is 94.1 g/mol. The Morgan fingerprint density at radius 1 is 1.43 bits per heavy atom. The first-order chi connectivity index (χ1) is 3.43. The summed E-state index contributed by atoms with van der Waals surface area (Å²) in [7, 11) is 0. The quantitative estimate of drug-likeness (QED) is 0.439. The third-order valence-corrected chi connectivity index (χ3v) is 0.508. The monoisotopic (exact) mass is 94.0 g/mol. The Morgan fingerprint density at radius 3 is 2.29 bits per heavy atom. The second-order valence-corrected chi connectivity index (χ2v) is 0.919. The lowest BCUT2D eigenvalue weighted by Crippen LogP contribution is -1.90. The van der Waals surface area contributed by atoms with Crippen LogP contribution in [-0.2, 0) is 0 Å². The SMILES string of the molecule is N#Cn1nccn1. The van der Waals surface area contributed by atoms with E-state index in [9.17, 15) is 0 Å². The van der Waals surface area contributed by atoms with Crippen LogP contribution in [0.25, 0.3) is 0 Å². The number of nitriles is 1. The zero-order valence-electron chi connectivity index (χ0n) is 3.44. The van der Waals surface area contributed by atoms with E-state index >= 15 is 0 Å². The molecule has 0 amide bonds. The molecule has 0 unspecified atom stereocenters.